The predicted molar refractivity (Wildman–Crippen MR) is 170 cm³/mol. The highest BCUT2D eigenvalue weighted by Crippen LogP contribution is 2.45. The average Bonchev–Trinajstić information content (AvgIpc) is 3.00. The van der Waals surface area contributed by atoms with Crippen LogP contribution in [-0.4, -0.2) is 13.0 Å². The van der Waals surface area contributed by atoms with Crippen LogP contribution in [0.1, 0.15) is 12.0 Å². The minimum absolute atomic E-state index is 0.286. The zero-order chi connectivity index (χ0) is 27.5. The van der Waals surface area contributed by atoms with Crippen LogP contribution in [0.5, 0.6) is 5.75 Å². The standard InChI is InChI=1S/C36H30NO2P/c1-39-32-21-18-27-24-25(17-23-34(37)38)16-20-31(27)35(32)36-30-15-9-8-10-26(30)19-22-33(36)40(28-11-4-2-5-12-28)29-13-6-3-7-14-29/h2-16,18-22,24H,17,23H2,1H3,(H2,37,38). The molecule has 0 fully saturated rings. The van der Waals surface area contributed by atoms with Gasteiger partial charge in [0.25, 0.3) is 0 Å². The van der Waals surface area contributed by atoms with E-state index < -0.39 is 7.92 Å². The van der Waals surface area contributed by atoms with Crippen molar-refractivity contribution in [2.75, 3.05) is 7.11 Å². The van der Waals surface area contributed by atoms with Gasteiger partial charge >= 0.3 is 0 Å². The van der Waals surface area contributed by atoms with E-state index in [0.29, 0.717) is 12.8 Å². The number of amides is 1. The smallest absolute Gasteiger partial charge is 0.217 e. The second-order valence-electron chi connectivity index (χ2n) is 9.85. The van der Waals surface area contributed by atoms with Crippen molar-refractivity contribution in [3.63, 3.8) is 0 Å². The van der Waals surface area contributed by atoms with Crippen molar-refractivity contribution in [1.29, 1.82) is 0 Å². The number of ether oxygens (including phenoxy) is 1. The lowest BCUT2D eigenvalue weighted by Gasteiger charge is -2.25. The topological polar surface area (TPSA) is 52.3 Å². The van der Waals surface area contributed by atoms with E-state index in [1.165, 1.54) is 32.2 Å². The normalized spacial score (nSPS) is 11.2. The Kier molecular flexibility index (Phi) is 7.31. The van der Waals surface area contributed by atoms with Crippen molar-refractivity contribution < 1.29 is 9.53 Å². The molecule has 0 saturated carbocycles. The molecule has 0 aliphatic heterocycles. The minimum atomic E-state index is -0.863. The number of primary amides is 1. The molecule has 0 heterocycles. The highest BCUT2D eigenvalue weighted by molar-refractivity contribution is 7.80. The number of rotatable bonds is 8. The minimum Gasteiger partial charge on any atom is -0.496 e. The molecular weight excluding hydrogens is 509 g/mol. The molecule has 6 aromatic carbocycles. The van der Waals surface area contributed by atoms with Crippen molar-refractivity contribution in [2.45, 2.75) is 12.8 Å². The molecule has 6 aromatic rings. The van der Waals surface area contributed by atoms with Gasteiger partial charge in [0, 0.05) is 17.5 Å². The maximum absolute atomic E-state index is 11.4. The van der Waals surface area contributed by atoms with Gasteiger partial charge in [0.15, 0.2) is 0 Å². The zero-order valence-corrected chi connectivity index (χ0v) is 23.3. The fraction of sp³-hybridized carbons (Fsp3) is 0.0833. The summed E-state index contributed by atoms with van der Waals surface area (Å²) in [5.41, 5.74) is 8.81. The Balaban J connectivity index is 1.68. The van der Waals surface area contributed by atoms with Crippen molar-refractivity contribution >= 4 is 51.3 Å². The van der Waals surface area contributed by atoms with E-state index in [9.17, 15) is 4.79 Å². The summed E-state index contributed by atoms with van der Waals surface area (Å²) in [6, 6.07) is 45.4. The second-order valence-corrected chi connectivity index (χ2v) is 12.0. The summed E-state index contributed by atoms with van der Waals surface area (Å²) in [7, 11) is 0.881. The number of aryl methyl sites for hydroxylation is 1. The molecule has 0 atom stereocenters. The second kappa shape index (κ2) is 11.3. The van der Waals surface area contributed by atoms with Crippen LogP contribution in [0.3, 0.4) is 0 Å². The van der Waals surface area contributed by atoms with Gasteiger partial charge < -0.3 is 10.5 Å². The molecule has 2 N–H and O–H groups in total. The van der Waals surface area contributed by atoms with Gasteiger partial charge in [0.2, 0.25) is 5.91 Å². The largest absolute Gasteiger partial charge is 0.496 e. The molecule has 3 nitrogen and oxygen atoms in total. The third kappa shape index (κ3) is 4.97. The molecule has 40 heavy (non-hydrogen) atoms. The number of benzene rings is 6. The highest BCUT2D eigenvalue weighted by Gasteiger charge is 2.25. The monoisotopic (exact) mass is 539 g/mol. The number of methoxy groups -OCH3 is 1. The van der Waals surface area contributed by atoms with E-state index >= 15 is 0 Å². The predicted octanol–water partition coefficient (Wildman–Crippen LogP) is 6.84. The Morgan fingerprint density at radius 3 is 1.98 bits per heavy atom. The maximum Gasteiger partial charge on any atom is 0.217 e. The van der Waals surface area contributed by atoms with Gasteiger partial charge in [0.1, 0.15) is 5.75 Å². The lowest BCUT2D eigenvalue weighted by molar-refractivity contribution is -0.117. The maximum atomic E-state index is 11.4. The van der Waals surface area contributed by atoms with E-state index in [1.807, 2.05) is 0 Å². The SMILES string of the molecule is COc1ccc2cc(CCC(N)=O)ccc2c1-c1c(P(c2ccccc2)c2ccccc2)ccc2ccccc12. The first-order valence-electron chi connectivity index (χ1n) is 13.4. The summed E-state index contributed by atoms with van der Waals surface area (Å²) in [5.74, 6) is 0.553. The third-order valence-electron chi connectivity index (χ3n) is 7.35. The molecule has 0 radical (unpaired) electrons. The molecule has 4 heteroatoms. The van der Waals surface area contributed by atoms with Crippen LogP contribution in [0, 0.1) is 0 Å². The van der Waals surface area contributed by atoms with Crippen LogP contribution in [0.25, 0.3) is 32.7 Å². The Morgan fingerprint density at radius 1 is 0.675 bits per heavy atom. The van der Waals surface area contributed by atoms with Crippen LogP contribution in [0.15, 0.2) is 127 Å². The fourth-order valence-corrected chi connectivity index (χ4v) is 7.98. The number of hydrogen-bond donors (Lipinski definition) is 1. The highest BCUT2D eigenvalue weighted by atomic mass is 31.1. The molecular formula is C36H30NO2P. The molecule has 196 valence electrons. The molecule has 1 amide bonds. The van der Waals surface area contributed by atoms with Crippen LogP contribution < -0.4 is 26.4 Å². The van der Waals surface area contributed by atoms with Gasteiger partial charge in [-0.25, -0.2) is 0 Å². The fourth-order valence-electron chi connectivity index (χ4n) is 5.50. The van der Waals surface area contributed by atoms with E-state index in [2.05, 4.69) is 127 Å². The molecule has 0 aromatic heterocycles. The molecule has 0 aliphatic rings. The Hall–Kier alpha value is -4.46. The van der Waals surface area contributed by atoms with Gasteiger partial charge in [-0.15, -0.1) is 0 Å². The average molecular weight is 540 g/mol. The zero-order valence-electron chi connectivity index (χ0n) is 22.4. The van der Waals surface area contributed by atoms with Gasteiger partial charge in [-0.3, -0.25) is 4.79 Å². The number of carbonyl (C=O) groups excluding carboxylic acids is 1. The number of carbonyl (C=O) groups is 1. The quantitative estimate of drug-likeness (QED) is 0.215. The van der Waals surface area contributed by atoms with Crippen molar-refractivity contribution in [1.82, 2.24) is 0 Å². The summed E-state index contributed by atoms with van der Waals surface area (Å²) in [6.07, 6.45) is 0.958. The first kappa shape index (κ1) is 25.8. The number of nitrogens with two attached hydrogens (primary N) is 1. The molecule has 0 bridgehead atoms. The summed E-state index contributed by atoms with van der Waals surface area (Å²) < 4.78 is 6.06. The van der Waals surface area contributed by atoms with E-state index in [1.54, 1.807) is 7.11 Å². The lowest BCUT2D eigenvalue weighted by Crippen LogP contribution is -2.22. The summed E-state index contributed by atoms with van der Waals surface area (Å²) in [4.78, 5) is 11.4. The molecule has 6 rings (SSSR count). The lowest BCUT2D eigenvalue weighted by atomic mass is 9.92. The molecule has 0 saturated heterocycles. The van der Waals surface area contributed by atoms with Crippen LogP contribution in [-0.2, 0) is 11.2 Å². The van der Waals surface area contributed by atoms with Gasteiger partial charge in [-0.1, -0.05) is 121 Å². The summed E-state index contributed by atoms with van der Waals surface area (Å²) in [5, 5.41) is 8.50. The Labute approximate surface area is 236 Å². The van der Waals surface area contributed by atoms with E-state index in [4.69, 9.17) is 10.5 Å². The molecule has 0 aliphatic carbocycles. The van der Waals surface area contributed by atoms with Crippen molar-refractivity contribution in [2.24, 2.45) is 5.73 Å². The Morgan fingerprint density at radius 2 is 1.30 bits per heavy atom. The Bertz CT molecular complexity index is 1780. The van der Waals surface area contributed by atoms with E-state index in [-0.39, 0.29) is 5.91 Å². The summed E-state index contributed by atoms with van der Waals surface area (Å²) >= 11 is 0. The number of hydrogen-bond acceptors (Lipinski definition) is 2. The van der Waals surface area contributed by atoms with Crippen LogP contribution in [0.2, 0.25) is 0 Å². The summed E-state index contributed by atoms with van der Waals surface area (Å²) in [6.45, 7) is 0. The van der Waals surface area contributed by atoms with Gasteiger partial charge in [-0.05, 0) is 63.4 Å². The van der Waals surface area contributed by atoms with Crippen LogP contribution in [0.4, 0.5) is 0 Å². The van der Waals surface area contributed by atoms with Gasteiger partial charge in [0.05, 0.1) is 7.11 Å². The molecule has 0 unspecified atom stereocenters. The number of fused-ring (bicyclic) bond motifs is 2. The van der Waals surface area contributed by atoms with Crippen molar-refractivity contribution in [3.05, 3.63) is 133 Å². The van der Waals surface area contributed by atoms with E-state index in [0.717, 1.165) is 27.6 Å². The third-order valence-corrected chi connectivity index (χ3v) is 9.84. The van der Waals surface area contributed by atoms with Crippen LogP contribution >= 0.6 is 7.92 Å². The van der Waals surface area contributed by atoms with Gasteiger partial charge in [-0.2, -0.15) is 0 Å². The molecule has 0 spiro atoms. The first-order valence-corrected chi connectivity index (χ1v) is 14.8. The van der Waals surface area contributed by atoms with Crippen molar-refractivity contribution in [3.8, 4) is 16.9 Å². The first-order chi connectivity index (χ1) is 19.6.